The normalized spacial score (nSPS) is 29.2. The maximum Gasteiger partial charge on any atom is 0.118 e. The summed E-state index contributed by atoms with van der Waals surface area (Å²) in [6.07, 6.45) is 5.87. The van der Waals surface area contributed by atoms with Gasteiger partial charge in [-0.3, -0.25) is 0 Å². The van der Waals surface area contributed by atoms with Crippen molar-refractivity contribution in [2.75, 3.05) is 6.61 Å². The first-order valence-corrected chi connectivity index (χ1v) is 4.80. The van der Waals surface area contributed by atoms with E-state index < -0.39 is 0 Å². The van der Waals surface area contributed by atoms with Crippen LogP contribution in [-0.4, -0.2) is 6.61 Å². The van der Waals surface area contributed by atoms with E-state index in [4.69, 9.17) is 4.74 Å². The van der Waals surface area contributed by atoms with E-state index in [1.807, 2.05) is 0 Å². The highest BCUT2D eigenvalue weighted by Crippen LogP contribution is 2.34. The Balaban J connectivity index is 2.30. The number of rotatable bonds is 0. The van der Waals surface area contributed by atoms with E-state index >= 15 is 0 Å². The van der Waals surface area contributed by atoms with E-state index in [1.54, 1.807) is 5.57 Å². The maximum absolute atomic E-state index is 5.63. The van der Waals surface area contributed by atoms with E-state index in [0.717, 1.165) is 12.5 Å². The molecule has 1 aliphatic heterocycles. The molecule has 1 aliphatic carbocycles. The van der Waals surface area contributed by atoms with Gasteiger partial charge in [-0.15, -0.1) is 0 Å². The van der Waals surface area contributed by atoms with Gasteiger partial charge in [0.25, 0.3) is 0 Å². The number of hydrogen-bond acceptors (Lipinski definition) is 1. The van der Waals surface area contributed by atoms with Crippen molar-refractivity contribution >= 4 is 0 Å². The topological polar surface area (TPSA) is 9.23 Å². The van der Waals surface area contributed by atoms with Crippen LogP contribution in [0.2, 0.25) is 0 Å². The van der Waals surface area contributed by atoms with Crippen LogP contribution in [-0.2, 0) is 4.74 Å². The van der Waals surface area contributed by atoms with Gasteiger partial charge >= 0.3 is 0 Å². The van der Waals surface area contributed by atoms with Crippen LogP contribution in [0.15, 0.2) is 23.0 Å². The summed E-state index contributed by atoms with van der Waals surface area (Å²) in [6.45, 7) is 5.41. The zero-order valence-corrected chi connectivity index (χ0v) is 7.89. The molecule has 1 unspecified atom stereocenters. The molecule has 0 fully saturated rings. The molecule has 2 rings (SSSR count). The summed E-state index contributed by atoms with van der Waals surface area (Å²) in [5, 5.41) is 0. The first-order valence-electron chi connectivity index (χ1n) is 4.80. The lowest BCUT2D eigenvalue weighted by molar-refractivity contribution is 0.175. The molecular formula is C11H16O. The average Bonchev–Trinajstić information content (AvgIpc) is 2.04. The fraction of sp³-hybridized carbons (Fsp3) is 0.636. The predicted octanol–water partition coefficient (Wildman–Crippen LogP) is 3.04. The van der Waals surface area contributed by atoms with Crippen molar-refractivity contribution in [3.05, 3.63) is 23.0 Å². The Morgan fingerprint density at radius 3 is 3.08 bits per heavy atom. The van der Waals surface area contributed by atoms with Gasteiger partial charge in [0.2, 0.25) is 0 Å². The quantitative estimate of drug-likeness (QED) is 0.534. The Labute approximate surface area is 74.1 Å². The van der Waals surface area contributed by atoms with Crippen LogP contribution >= 0.6 is 0 Å². The largest absolute Gasteiger partial charge is 0.494 e. The Kier molecular flexibility index (Phi) is 1.95. The molecule has 0 bridgehead atoms. The van der Waals surface area contributed by atoms with Crippen LogP contribution in [0.25, 0.3) is 0 Å². The molecule has 0 amide bonds. The van der Waals surface area contributed by atoms with Crippen LogP contribution in [0.5, 0.6) is 0 Å². The molecule has 1 atom stereocenters. The fourth-order valence-electron chi connectivity index (χ4n) is 1.99. The van der Waals surface area contributed by atoms with Crippen LogP contribution in [0, 0.1) is 5.92 Å². The van der Waals surface area contributed by atoms with Gasteiger partial charge in [-0.2, -0.15) is 0 Å². The third kappa shape index (κ3) is 1.28. The Bertz CT molecular complexity index is 248. The highest BCUT2D eigenvalue weighted by Gasteiger charge is 2.21. The Morgan fingerprint density at radius 2 is 2.25 bits per heavy atom. The molecule has 0 N–H and O–H groups in total. The van der Waals surface area contributed by atoms with E-state index in [9.17, 15) is 0 Å². The molecule has 1 heterocycles. The molecule has 0 saturated heterocycles. The maximum atomic E-state index is 5.63. The van der Waals surface area contributed by atoms with Gasteiger partial charge in [0.05, 0.1) is 6.61 Å². The summed E-state index contributed by atoms with van der Waals surface area (Å²) in [5.74, 6) is 1.93. The third-order valence-electron chi connectivity index (χ3n) is 2.89. The number of allylic oxidation sites excluding steroid dienone is 3. The van der Waals surface area contributed by atoms with Crippen molar-refractivity contribution in [1.29, 1.82) is 0 Å². The second-order valence-corrected chi connectivity index (χ2v) is 3.92. The summed E-state index contributed by atoms with van der Waals surface area (Å²) in [5.41, 5.74) is 3.01. The van der Waals surface area contributed by atoms with Gasteiger partial charge in [0.1, 0.15) is 5.76 Å². The lowest BCUT2D eigenvalue weighted by atomic mass is 9.86. The van der Waals surface area contributed by atoms with E-state index in [2.05, 4.69) is 19.9 Å². The lowest BCUT2D eigenvalue weighted by Gasteiger charge is -2.28. The smallest absolute Gasteiger partial charge is 0.118 e. The summed E-state index contributed by atoms with van der Waals surface area (Å²) < 4.78 is 5.63. The molecule has 0 aromatic rings. The fourth-order valence-corrected chi connectivity index (χ4v) is 1.99. The van der Waals surface area contributed by atoms with E-state index in [1.165, 1.54) is 30.6 Å². The molecular weight excluding hydrogens is 148 g/mol. The molecule has 1 nitrogen and oxygen atoms in total. The second-order valence-electron chi connectivity index (χ2n) is 3.92. The van der Waals surface area contributed by atoms with Crippen molar-refractivity contribution in [3.8, 4) is 0 Å². The van der Waals surface area contributed by atoms with Gasteiger partial charge < -0.3 is 4.74 Å². The number of ether oxygens (including phenoxy) is 1. The second kappa shape index (κ2) is 2.96. The van der Waals surface area contributed by atoms with Crippen LogP contribution < -0.4 is 0 Å². The molecule has 0 aromatic carbocycles. The molecule has 0 radical (unpaired) electrons. The summed E-state index contributed by atoms with van der Waals surface area (Å²) >= 11 is 0. The standard InChI is InChI=1S/C11H16O/c1-8-3-4-10-9(2)5-6-12-11(10)7-8/h7,9H,3-6H2,1-2H3. The molecule has 2 aliphatic rings. The minimum atomic E-state index is 0.748. The number of hydrogen-bond donors (Lipinski definition) is 0. The summed E-state index contributed by atoms with van der Waals surface area (Å²) in [7, 11) is 0. The molecule has 0 spiro atoms. The van der Waals surface area contributed by atoms with Crippen LogP contribution in [0.4, 0.5) is 0 Å². The highest BCUT2D eigenvalue weighted by molar-refractivity contribution is 5.31. The molecule has 1 heteroatoms. The minimum absolute atomic E-state index is 0.748. The van der Waals surface area contributed by atoms with Gasteiger partial charge in [-0.05, 0) is 43.8 Å². The van der Waals surface area contributed by atoms with Gasteiger partial charge in [0, 0.05) is 0 Å². The minimum Gasteiger partial charge on any atom is -0.494 e. The third-order valence-corrected chi connectivity index (χ3v) is 2.89. The zero-order chi connectivity index (χ0) is 8.55. The van der Waals surface area contributed by atoms with E-state index in [-0.39, 0.29) is 0 Å². The molecule has 66 valence electrons. The predicted molar refractivity (Wildman–Crippen MR) is 49.8 cm³/mol. The van der Waals surface area contributed by atoms with Crippen molar-refractivity contribution in [2.24, 2.45) is 5.92 Å². The van der Waals surface area contributed by atoms with Gasteiger partial charge in [0.15, 0.2) is 0 Å². The van der Waals surface area contributed by atoms with Crippen LogP contribution in [0.1, 0.15) is 33.1 Å². The summed E-state index contributed by atoms with van der Waals surface area (Å²) in [6, 6.07) is 0. The zero-order valence-electron chi connectivity index (χ0n) is 7.89. The highest BCUT2D eigenvalue weighted by atomic mass is 16.5. The Morgan fingerprint density at radius 1 is 1.42 bits per heavy atom. The Hall–Kier alpha value is -0.720. The van der Waals surface area contributed by atoms with Crippen LogP contribution in [0.3, 0.4) is 0 Å². The van der Waals surface area contributed by atoms with Gasteiger partial charge in [-0.25, -0.2) is 0 Å². The van der Waals surface area contributed by atoms with E-state index in [0.29, 0.717) is 0 Å². The van der Waals surface area contributed by atoms with Gasteiger partial charge in [-0.1, -0.05) is 12.5 Å². The molecule has 12 heavy (non-hydrogen) atoms. The molecule has 0 aromatic heterocycles. The lowest BCUT2D eigenvalue weighted by Crippen LogP contribution is -2.16. The van der Waals surface area contributed by atoms with Crippen molar-refractivity contribution in [2.45, 2.75) is 33.1 Å². The molecule has 0 saturated carbocycles. The van der Waals surface area contributed by atoms with Crippen molar-refractivity contribution < 1.29 is 4.74 Å². The average molecular weight is 164 g/mol. The SMILES string of the molecule is CC1=CC2=C(CC1)C(C)CCO2. The first kappa shape index (κ1) is 7.90. The monoisotopic (exact) mass is 164 g/mol. The summed E-state index contributed by atoms with van der Waals surface area (Å²) in [4.78, 5) is 0. The van der Waals surface area contributed by atoms with Crippen molar-refractivity contribution in [1.82, 2.24) is 0 Å². The van der Waals surface area contributed by atoms with Crippen molar-refractivity contribution in [3.63, 3.8) is 0 Å². The first-order chi connectivity index (χ1) is 5.77.